The number of nitrogen functional groups attached to an aromatic ring is 1. The first-order valence-corrected chi connectivity index (χ1v) is 9.15. The van der Waals surface area contributed by atoms with E-state index in [0.29, 0.717) is 16.2 Å². The number of carbonyl (C=O) groups is 2. The molecule has 0 unspecified atom stereocenters. The van der Waals surface area contributed by atoms with Gasteiger partial charge in [0.2, 0.25) is 0 Å². The Hall–Kier alpha value is -2.00. The Balaban J connectivity index is 2.37. The molecule has 24 heavy (non-hydrogen) atoms. The van der Waals surface area contributed by atoms with Crippen LogP contribution in [0.4, 0.5) is 5.00 Å². The molecule has 0 fully saturated rings. The second-order valence-electron chi connectivity index (χ2n) is 4.70. The molecule has 0 aliphatic rings. The molecule has 0 aliphatic heterocycles. The molecule has 9 heteroatoms. The number of hydrogen-bond acceptors (Lipinski definition) is 8. The van der Waals surface area contributed by atoms with Gasteiger partial charge in [-0.05, 0) is 13.8 Å². The Kier molecular flexibility index (Phi) is 6.27. The second kappa shape index (κ2) is 8.20. The van der Waals surface area contributed by atoms with E-state index in [1.165, 1.54) is 11.8 Å². The van der Waals surface area contributed by atoms with Crippen molar-refractivity contribution < 1.29 is 19.1 Å². The third-order valence-corrected chi connectivity index (χ3v) is 5.22. The van der Waals surface area contributed by atoms with Crippen molar-refractivity contribution in [2.75, 3.05) is 18.9 Å². The van der Waals surface area contributed by atoms with Gasteiger partial charge >= 0.3 is 11.9 Å². The van der Waals surface area contributed by atoms with Crippen LogP contribution in [0.15, 0.2) is 17.6 Å². The molecule has 0 bridgehead atoms. The standard InChI is InChI=1S/C15H19N3O4S2/c1-4-21-13(19)10-9(8-23-15-17-6-7-18(15)3)11(24-12(10)16)14(20)22-5-2/h6-7H,4-5,8,16H2,1-3H3. The van der Waals surface area contributed by atoms with Crippen LogP contribution in [0.2, 0.25) is 0 Å². The third-order valence-electron chi connectivity index (χ3n) is 3.10. The zero-order valence-electron chi connectivity index (χ0n) is 13.7. The fourth-order valence-electron chi connectivity index (χ4n) is 2.04. The molecule has 0 saturated heterocycles. The molecule has 130 valence electrons. The summed E-state index contributed by atoms with van der Waals surface area (Å²) in [7, 11) is 1.87. The van der Waals surface area contributed by atoms with E-state index in [1.54, 1.807) is 20.0 Å². The molecule has 7 nitrogen and oxygen atoms in total. The predicted octanol–water partition coefficient (Wildman–Crippen LogP) is 2.71. The summed E-state index contributed by atoms with van der Waals surface area (Å²) in [6.07, 6.45) is 3.51. The largest absolute Gasteiger partial charge is 0.462 e. The van der Waals surface area contributed by atoms with Crippen LogP contribution < -0.4 is 5.73 Å². The molecule has 0 aromatic carbocycles. The summed E-state index contributed by atoms with van der Waals surface area (Å²) in [5.74, 6) is -0.654. The number of anilines is 1. The Morgan fingerprint density at radius 2 is 1.96 bits per heavy atom. The smallest absolute Gasteiger partial charge is 0.348 e. The van der Waals surface area contributed by atoms with Crippen molar-refractivity contribution in [2.24, 2.45) is 7.05 Å². The Morgan fingerprint density at radius 3 is 2.54 bits per heavy atom. The zero-order chi connectivity index (χ0) is 17.7. The van der Waals surface area contributed by atoms with Crippen molar-refractivity contribution in [1.82, 2.24) is 9.55 Å². The van der Waals surface area contributed by atoms with E-state index in [9.17, 15) is 9.59 Å². The quantitative estimate of drug-likeness (QED) is 0.592. The number of nitrogens with zero attached hydrogens (tertiary/aromatic N) is 2. The van der Waals surface area contributed by atoms with Crippen molar-refractivity contribution >= 4 is 40.0 Å². The molecule has 2 rings (SSSR count). The van der Waals surface area contributed by atoms with Crippen molar-refractivity contribution in [3.8, 4) is 0 Å². The molecule has 0 radical (unpaired) electrons. The predicted molar refractivity (Wildman–Crippen MR) is 93.4 cm³/mol. The summed E-state index contributed by atoms with van der Waals surface area (Å²) in [6, 6.07) is 0. The Morgan fingerprint density at radius 1 is 1.29 bits per heavy atom. The van der Waals surface area contributed by atoms with E-state index in [4.69, 9.17) is 15.2 Å². The minimum atomic E-state index is -0.530. The number of thiophene rings is 1. The van der Waals surface area contributed by atoms with Crippen LogP contribution in [0.1, 0.15) is 39.4 Å². The summed E-state index contributed by atoms with van der Waals surface area (Å²) in [5, 5.41) is 1.02. The number of ether oxygens (including phenoxy) is 2. The molecule has 2 heterocycles. The van der Waals surface area contributed by atoms with Gasteiger partial charge in [-0.25, -0.2) is 14.6 Å². The monoisotopic (exact) mass is 369 g/mol. The number of rotatable bonds is 7. The van der Waals surface area contributed by atoms with Gasteiger partial charge in [0, 0.05) is 30.8 Å². The molecule has 0 spiro atoms. The third kappa shape index (κ3) is 3.90. The van der Waals surface area contributed by atoms with Gasteiger partial charge in [-0.1, -0.05) is 11.8 Å². The van der Waals surface area contributed by atoms with E-state index in [0.717, 1.165) is 16.5 Å². The number of esters is 2. The van der Waals surface area contributed by atoms with E-state index in [2.05, 4.69) is 4.98 Å². The number of imidazole rings is 1. The first-order chi connectivity index (χ1) is 11.5. The SMILES string of the molecule is CCOC(=O)c1sc(N)c(C(=O)OCC)c1CSc1nccn1C. The highest BCUT2D eigenvalue weighted by Gasteiger charge is 2.27. The Labute approximate surface area is 148 Å². The summed E-state index contributed by atoms with van der Waals surface area (Å²) >= 11 is 2.45. The van der Waals surface area contributed by atoms with Crippen LogP contribution >= 0.6 is 23.1 Å². The van der Waals surface area contributed by atoms with Crippen molar-refractivity contribution in [3.05, 3.63) is 28.4 Å². The van der Waals surface area contributed by atoms with Gasteiger partial charge in [-0.2, -0.15) is 0 Å². The van der Waals surface area contributed by atoms with Crippen molar-refractivity contribution in [2.45, 2.75) is 24.8 Å². The number of carbonyl (C=O) groups excluding carboxylic acids is 2. The summed E-state index contributed by atoms with van der Waals surface area (Å²) in [6.45, 7) is 3.92. The molecule has 2 aromatic rings. The number of hydrogen-bond donors (Lipinski definition) is 1. The topological polar surface area (TPSA) is 96.4 Å². The highest BCUT2D eigenvalue weighted by molar-refractivity contribution is 7.98. The molecule has 2 aromatic heterocycles. The zero-order valence-corrected chi connectivity index (χ0v) is 15.3. The molecular formula is C15H19N3O4S2. The number of thioether (sulfide) groups is 1. The molecule has 0 amide bonds. The van der Waals surface area contributed by atoms with Crippen LogP contribution in [0.25, 0.3) is 0 Å². The maximum Gasteiger partial charge on any atom is 0.348 e. The van der Waals surface area contributed by atoms with Gasteiger partial charge in [0.25, 0.3) is 0 Å². The minimum absolute atomic E-state index is 0.231. The van der Waals surface area contributed by atoms with Crippen molar-refractivity contribution in [1.29, 1.82) is 0 Å². The molecular weight excluding hydrogens is 350 g/mol. The van der Waals surface area contributed by atoms with Crippen molar-refractivity contribution in [3.63, 3.8) is 0 Å². The Bertz CT molecular complexity index is 739. The average molecular weight is 369 g/mol. The van der Waals surface area contributed by atoms with E-state index >= 15 is 0 Å². The lowest BCUT2D eigenvalue weighted by Gasteiger charge is -2.07. The van der Waals surface area contributed by atoms with E-state index in [1.807, 2.05) is 17.8 Å². The summed E-state index contributed by atoms with van der Waals surface area (Å²) in [4.78, 5) is 29.0. The summed E-state index contributed by atoms with van der Waals surface area (Å²) in [5.41, 5.74) is 6.74. The van der Waals surface area contributed by atoms with Gasteiger partial charge in [0.05, 0.1) is 18.8 Å². The average Bonchev–Trinajstić information content (AvgIpc) is 3.08. The molecule has 0 saturated carbocycles. The van der Waals surface area contributed by atoms with Gasteiger partial charge < -0.3 is 19.8 Å². The minimum Gasteiger partial charge on any atom is -0.462 e. The van der Waals surface area contributed by atoms with Crippen LogP contribution in [0, 0.1) is 0 Å². The van der Waals surface area contributed by atoms with Gasteiger partial charge in [0.15, 0.2) is 5.16 Å². The first-order valence-electron chi connectivity index (χ1n) is 7.35. The fourth-order valence-corrected chi connectivity index (χ4v) is 4.06. The number of nitrogens with two attached hydrogens (primary N) is 1. The maximum atomic E-state index is 12.2. The lowest BCUT2D eigenvalue weighted by Crippen LogP contribution is -2.11. The van der Waals surface area contributed by atoms with Gasteiger partial charge in [0.1, 0.15) is 9.88 Å². The van der Waals surface area contributed by atoms with Crippen LogP contribution in [-0.2, 0) is 22.3 Å². The van der Waals surface area contributed by atoms with Gasteiger partial charge in [-0.3, -0.25) is 0 Å². The van der Waals surface area contributed by atoms with E-state index < -0.39 is 11.9 Å². The normalized spacial score (nSPS) is 10.6. The fraction of sp³-hybridized carbons (Fsp3) is 0.400. The second-order valence-corrected chi connectivity index (χ2v) is 6.69. The highest BCUT2D eigenvalue weighted by Crippen LogP contribution is 2.36. The lowest BCUT2D eigenvalue weighted by atomic mass is 10.1. The molecule has 0 atom stereocenters. The maximum absolute atomic E-state index is 12.2. The number of aromatic nitrogens is 2. The number of aryl methyl sites for hydroxylation is 1. The van der Waals surface area contributed by atoms with Crippen LogP contribution in [-0.4, -0.2) is 34.7 Å². The molecule has 2 N–H and O–H groups in total. The summed E-state index contributed by atoms with van der Waals surface area (Å²) < 4.78 is 12.0. The highest BCUT2D eigenvalue weighted by atomic mass is 32.2. The van der Waals surface area contributed by atoms with Gasteiger partial charge in [-0.15, -0.1) is 11.3 Å². The lowest BCUT2D eigenvalue weighted by molar-refractivity contribution is 0.0527. The van der Waals surface area contributed by atoms with E-state index in [-0.39, 0.29) is 23.8 Å². The van der Waals surface area contributed by atoms with Crippen LogP contribution in [0.3, 0.4) is 0 Å². The molecule has 0 aliphatic carbocycles. The van der Waals surface area contributed by atoms with Crippen LogP contribution in [0.5, 0.6) is 0 Å². The first kappa shape index (κ1) is 18.3.